The number of nitro groups is 1. The largest absolute Gasteiger partial charge is 0.468 e. The molecule has 0 saturated carbocycles. The van der Waals surface area contributed by atoms with E-state index in [0.29, 0.717) is 12.8 Å². The van der Waals surface area contributed by atoms with Gasteiger partial charge in [-0.05, 0) is 62.8 Å². The fourth-order valence-corrected chi connectivity index (χ4v) is 5.93. The summed E-state index contributed by atoms with van der Waals surface area (Å²) in [5.74, 6) is -0.531. The molecule has 0 spiro atoms. The second kappa shape index (κ2) is 11.9. The van der Waals surface area contributed by atoms with Crippen molar-refractivity contribution in [3.8, 4) is 6.07 Å². The van der Waals surface area contributed by atoms with Crippen LogP contribution >= 0.6 is 11.6 Å². The van der Waals surface area contributed by atoms with Gasteiger partial charge in [0, 0.05) is 26.1 Å². The molecule has 13 heteroatoms. The lowest BCUT2D eigenvalue weighted by molar-refractivity contribution is -0.385. The molecule has 12 nitrogen and oxygen atoms in total. The van der Waals surface area contributed by atoms with E-state index in [1.54, 1.807) is 25.7 Å². The van der Waals surface area contributed by atoms with E-state index < -0.39 is 34.0 Å². The predicted molar refractivity (Wildman–Crippen MR) is 150 cm³/mol. The average Bonchev–Trinajstić information content (AvgIpc) is 2.91. The molecule has 218 valence electrons. The van der Waals surface area contributed by atoms with Crippen molar-refractivity contribution in [2.24, 2.45) is 0 Å². The van der Waals surface area contributed by atoms with Gasteiger partial charge in [0.1, 0.15) is 11.3 Å². The molecule has 1 amide bonds. The Morgan fingerprint density at radius 1 is 1.27 bits per heavy atom. The molecule has 41 heavy (non-hydrogen) atoms. The van der Waals surface area contributed by atoms with E-state index in [2.05, 4.69) is 16.0 Å². The van der Waals surface area contributed by atoms with E-state index in [-0.39, 0.29) is 55.0 Å². The van der Waals surface area contributed by atoms with Crippen molar-refractivity contribution < 1.29 is 24.0 Å². The Labute approximate surface area is 243 Å². The van der Waals surface area contributed by atoms with Gasteiger partial charge in [0.25, 0.3) is 0 Å². The monoisotopic (exact) mass is 584 g/mol. The van der Waals surface area contributed by atoms with Crippen LogP contribution in [0, 0.1) is 21.4 Å². The molecule has 1 aromatic heterocycles. The zero-order valence-corrected chi connectivity index (χ0v) is 24.3. The molecule has 1 aromatic carbocycles. The third-order valence-corrected chi connectivity index (χ3v) is 7.63. The Morgan fingerprint density at radius 3 is 2.66 bits per heavy atom. The fourth-order valence-electron chi connectivity index (χ4n) is 5.75. The number of nitrogens with zero attached hydrogens (tertiary/aromatic N) is 6. The van der Waals surface area contributed by atoms with Gasteiger partial charge in [-0.25, -0.2) is 9.78 Å². The molecule has 1 unspecified atom stereocenters. The van der Waals surface area contributed by atoms with Gasteiger partial charge < -0.3 is 19.3 Å². The molecule has 4 rings (SSSR count). The van der Waals surface area contributed by atoms with E-state index in [4.69, 9.17) is 21.1 Å². The number of hydrogen-bond donors (Lipinski definition) is 0. The molecule has 1 fully saturated rings. The number of nitriles is 1. The first-order valence-corrected chi connectivity index (χ1v) is 13.8. The van der Waals surface area contributed by atoms with Crippen molar-refractivity contribution in [2.75, 3.05) is 31.6 Å². The molecule has 1 aliphatic carbocycles. The van der Waals surface area contributed by atoms with E-state index in [9.17, 15) is 25.0 Å². The van der Waals surface area contributed by atoms with Gasteiger partial charge in [-0.15, -0.1) is 0 Å². The summed E-state index contributed by atoms with van der Waals surface area (Å²) < 4.78 is 10.7. The highest BCUT2D eigenvalue weighted by molar-refractivity contribution is 6.28. The Kier molecular flexibility index (Phi) is 8.68. The maximum Gasteiger partial charge on any atom is 0.410 e. The molecular weight excluding hydrogens is 552 g/mol. The molecule has 1 saturated heterocycles. The zero-order valence-electron chi connectivity index (χ0n) is 23.6. The van der Waals surface area contributed by atoms with Gasteiger partial charge in [0.15, 0.2) is 0 Å². The SMILES string of the molecule is COC(=O)[C@]1(Cc2nc(Cl)nc(N3CCN(C(=O)OC(C)(C)C)C(CC#N)C3)c2[N+](=O)[O-])CCCc2ccccc21. The first-order valence-electron chi connectivity index (χ1n) is 13.4. The highest BCUT2D eigenvalue weighted by Crippen LogP contribution is 2.43. The van der Waals surface area contributed by atoms with E-state index >= 15 is 0 Å². The third-order valence-electron chi connectivity index (χ3n) is 7.46. The Bertz CT molecular complexity index is 1390. The van der Waals surface area contributed by atoms with Gasteiger partial charge in [0.2, 0.25) is 11.1 Å². The zero-order chi connectivity index (χ0) is 29.9. The molecule has 0 radical (unpaired) electrons. The molecule has 2 atom stereocenters. The smallest absolute Gasteiger partial charge is 0.410 e. The first-order chi connectivity index (χ1) is 19.4. The minimum absolute atomic E-state index is 0.0125. The fraction of sp³-hybridized carbons (Fsp3) is 0.536. The summed E-state index contributed by atoms with van der Waals surface area (Å²) in [5.41, 5.74) is -0.552. The molecule has 2 aromatic rings. The van der Waals surface area contributed by atoms with Crippen LogP contribution in [0.2, 0.25) is 5.28 Å². The van der Waals surface area contributed by atoms with Crippen LogP contribution < -0.4 is 4.90 Å². The lowest BCUT2D eigenvalue weighted by Gasteiger charge is -2.41. The van der Waals surface area contributed by atoms with Crippen molar-refractivity contribution in [3.63, 3.8) is 0 Å². The average molecular weight is 585 g/mol. The number of amides is 1. The highest BCUT2D eigenvalue weighted by Gasteiger charge is 2.47. The number of hydrogen-bond acceptors (Lipinski definition) is 10. The highest BCUT2D eigenvalue weighted by atomic mass is 35.5. The quantitative estimate of drug-likeness (QED) is 0.207. The van der Waals surface area contributed by atoms with E-state index in [0.717, 1.165) is 17.5 Å². The van der Waals surface area contributed by atoms with Crippen molar-refractivity contribution in [1.29, 1.82) is 5.26 Å². The van der Waals surface area contributed by atoms with Crippen molar-refractivity contribution in [3.05, 3.63) is 56.5 Å². The maximum absolute atomic E-state index is 13.4. The molecule has 0 N–H and O–H groups in total. The minimum atomic E-state index is -1.19. The van der Waals surface area contributed by atoms with Crippen LogP contribution in [-0.4, -0.2) is 70.2 Å². The molecular formula is C28H33ClN6O6. The first kappa shape index (κ1) is 30.0. The normalized spacial score (nSPS) is 20.5. The minimum Gasteiger partial charge on any atom is -0.468 e. The number of aromatic nitrogens is 2. The number of esters is 1. The van der Waals surface area contributed by atoms with Crippen LogP contribution in [0.1, 0.15) is 56.9 Å². The van der Waals surface area contributed by atoms with Crippen molar-refractivity contribution in [2.45, 2.75) is 69.9 Å². The van der Waals surface area contributed by atoms with Gasteiger partial charge in [0.05, 0.1) is 36.0 Å². The second-order valence-corrected chi connectivity index (χ2v) is 11.6. The summed E-state index contributed by atoms with van der Waals surface area (Å²) >= 11 is 6.35. The number of rotatable bonds is 6. The van der Waals surface area contributed by atoms with Gasteiger partial charge in [-0.1, -0.05) is 24.3 Å². The third kappa shape index (κ3) is 6.20. The topological polar surface area (TPSA) is 152 Å². The lowest BCUT2D eigenvalue weighted by atomic mass is 9.67. The number of carbonyl (C=O) groups is 2. The molecule has 0 bridgehead atoms. The van der Waals surface area contributed by atoms with Crippen LogP contribution in [0.25, 0.3) is 0 Å². The van der Waals surface area contributed by atoms with E-state index in [1.165, 1.54) is 12.0 Å². The van der Waals surface area contributed by atoms with Gasteiger partial charge >= 0.3 is 17.7 Å². The summed E-state index contributed by atoms with van der Waals surface area (Å²) in [6.45, 7) is 5.67. The Hall–Kier alpha value is -3.98. The second-order valence-electron chi connectivity index (χ2n) is 11.3. The summed E-state index contributed by atoms with van der Waals surface area (Å²) in [4.78, 5) is 49.8. The number of anilines is 1. The van der Waals surface area contributed by atoms with Crippen LogP contribution in [0.4, 0.5) is 16.3 Å². The summed E-state index contributed by atoms with van der Waals surface area (Å²) in [6, 6.07) is 8.99. The van der Waals surface area contributed by atoms with Crippen LogP contribution in [0.15, 0.2) is 24.3 Å². The van der Waals surface area contributed by atoms with Crippen molar-refractivity contribution in [1.82, 2.24) is 14.9 Å². The van der Waals surface area contributed by atoms with Gasteiger partial charge in [-0.3, -0.25) is 14.9 Å². The Morgan fingerprint density at radius 2 is 2.00 bits per heavy atom. The van der Waals surface area contributed by atoms with Crippen LogP contribution in [-0.2, 0) is 32.5 Å². The number of piperazine rings is 1. The number of ether oxygens (including phenoxy) is 2. The Balaban J connectivity index is 1.75. The maximum atomic E-state index is 13.4. The number of carbonyl (C=O) groups excluding carboxylic acids is 2. The number of halogens is 1. The van der Waals surface area contributed by atoms with Crippen LogP contribution in [0.5, 0.6) is 0 Å². The molecule has 1 aliphatic heterocycles. The summed E-state index contributed by atoms with van der Waals surface area (Å²) in [6.07, 6.45) is 1.19. The predicted octanol–water partition coefficient (Wildman–Crippen LogP) is 4.37. The van der Waals surface area contributed by atoms with Crippen LogP contribution in [0.3, 0.4) is 0 Å². The summed E-state index contributed by atoms with van der Waals surface area (Å²) in [7, 11) is 1.30. The lowest BCUT2D eigenvalue weighted by Crippen LogP contribution is -2.56. The van der Waals surface area contributed by atoms with Gasteiger partial charge in [-0.2, -0.15) is 10.2 Å². The van der Waals surface area contributed by atoms with Crippen molar-refractivity contribution >= 4 is 35.2 Å². The number of fused-ring (bicyclic) bond motifs is 1. The van der Waals surface area contributed by atoms with E-state index in [1.807, 2.05) is 24.3 Å². The standard InChI is InChI=1S/C28H33ClN6O6/c1-27(2,3)41-26(37)34-15-14-33(17-19(34)11-13-30)23-22(35(38)39)21(31-25(29)32-23)16-28(24(36)40-4)12-7-9-18-8-5-6-10-20(18)28/h5-6,8,10,19H,7,9,11-12,14-17H2,1-4H3/t19?,28-/m0/s1. The summed E-state index contributed by atoms with van der Waals surface area (Å²) in [5, 5.41) is 21.8. The molecule has 2 heterocycles. The number of benzene rings is 1. The molecule has 2 aliphatic rings. The number of methoxy groups -OCH3 is 1. The number of aryl methyl sites for hydroxylation is 1.